The van der Waals surface area contributed by atoms with Crippen molar-refractivity contribution in [1.29, 1.82) is 5.26 Å². The van der Waals surface area contributed by atoms with Crippen molar-refractivity contribution in [2.75, 3.05) is 7.11 Å². The van der Waals surface area contributed by atoms with Crippen LogP contribution in [0.4, 0.5) is 13.2 Å². The number of nitriles is 1. The molecule has 0 aliphatic carbocycles. The molecule has 0 unspecified atom stereocenters. The fourth-order valence-corrected chi connectivity index (χ4v) is 3.21. The van der Waals surface area contributed by atoms with Gasteiger partial charge in [-0.25, -0.2) is 9.59 Å². The van der Waals surface area contributed by atoms with E-state index in [0.717, 1.165) is 16.7 Å². The second kappa shape index (κ2) is 13.9. The summed E-state index contributed by atoms with van der Waals surface area (Å²) < 4.78 is 36.6. The molecule has 0 saturated heterocycles. The summed E-state index contributed by atoms with van der Waals surface area (Å²) in [7, 11) is 1.27. The Balaban J connectivity index is 0.000000673. The summed E-state index contributed by atoms with van der Waals surface area (Å²) in [6, 6.07) is 18.8. The van der Waals surface area contributed by atoms with E-state index in [1.54, 1.807) is 54.7 Å². The summed E-state index contributed by atoms with van der Waals surface area (Å²) in [5, 5.41) is 22.6. The van der Waals surface area contributed by atoms with Crippen LogP contribution in [0.5, 0.6) is 0 Å². The number of alkyl halides is 3. The molecule has 0 fully saturated rings. The number of esters is 1. The molecule has 1 atom stereocenters. The zero-order valence-corrected chi connectivity index (χ0v) is 20.3. The molecule has 1 heterocycles. The fraction of sp³-hybridized carbons (Fsp3) is 0.154. The van der Waals surface area contributed by atoms with Crippen LogP contribution < -0.4 is 11.2 Å². The number of pyridine rings is 1. The highest BCUT2D eigenvalue weighted by molar-refractivity contribution is 5.97. The summed E-state index contributed by atoms with van der Waals surface area (Å²) in [5.74, 6) is 1.42. The van der Waals surface area contributed by atoms with Crippen molar-refractivity contribution in [2.24, 2.45) is 10.9 Å². The van der Waals surface area contributed by atoms with E-state index in [1.807, 2.05) is 12.1 Å². The van der Waals surface area contributed by atoms with E-state index in [9.17, 15) is 28.0 Å². The van der Waals surface area contributed by atoms with Crippen LogP contribution in [0.15, 0.2) is 72.0 Å². The minimum atomic E-state index is -5.08. The highest BCUT2D eigenvalue weighted by atomic mass is 19.4. The molecule has 10 nitrogen and oxygen atoms in total. The monoisotopic (exact) mass is 541 g/mol. The largest absolute Gasteiger partial charge is 0.490 e. The van der Waals surface area contributed by atoms with Crippen LogP contribution in [-0.2, 0) is 20.7 Å². The maximum Gasteiger partial charge on any atom is 0.490 e. The molecule has 13 heteroatoms. The van der Waals surface area contributed by atoms with Crippen LogP contribution in [0.25, 0.3) is 11.1 Å². The average Bonchev–Trinajstić information content (AvgIpc) is 2.92. The number of carbonyl (C=O) groups is 3. The Labute approximate surface area is 220 Å². The lowest BCUT2D eigenvalue weighted by atomic mass is 9.99. The van der Waals surface area contributed by atoms with E-state index >= 15 is 0 Å². The molecule has 3 aromatic rings. The second-order valence-corrected chi connectivity index (χ2v) is 7.66. The number of nitrogens with zero attached hydrogens (tertiary/aromatic N) is 3. The predicted octanol–water partition coefficient (Wildman–Crippen LogP) is 3.06. The molecule has 1 amide bonds. The van der Waals surface area contributed by atoms with Crippen molar-refractivity contribution in [1.82, 2.24) is 10.3 Å². The Hall–Kier alpha value is -5.25. The molecular weight excluding hydrogens is 519 g/mol. The lowest BCUT2D eigenvalue weighted by Gasteiger charge is -2.17. The Kier molecular flexibility index (Phi) is 10.7. The van der Waals surface area contributed by atoms with Gasteiger partial charge in [0.15, 0.2) is 0 Å². The van der Waals surface area contributed by atoms with Gasteiger partial charge >= 0.3 is 18.1 Å². The van der Waals surface area contributed by atoms with E-state index in [4.69, 9.17) is 20.5 Å². The van der Waals surface area contributed by atoms with E-state index in [1.165, 1.54) is 13.3 Å². The van der Waals surface area contributed by atoms with Gasteiger partial charge in [0.05, 0.1) is 30.7 Å². The van der Waals surface area contributed by atoms with Crippen LogP contribution in [0.1, 0.15) is 27.2 Å². The predicted molar refractivity (Wildman–Crippen MR) is 133 cm³/mol. The molecule has 0 aliphatic heterocycles. The molecule has 0 spiro atoms. The number of nitrogens with one attached hydrogen (secondary N) is 1. The van der Waals surface area contributed by atoms with E-state index in [0.29, 0.717) is 16.8 Å². The summed E-state index contributed by atoms with van der Waals surface area (Å²) in [6.45, 7) is 0. The molecule has 0 radical (unpaired) electrons. The highest BCUT2D eigenvalue weighted by Gasteiger charge is 2.38. The SMILES string of the molecule is COC(=O)[C@H](Cc1ccnc(C=NN)c1)NC(=O)c1ccc(-c2ccccc2C#N)cc1.O=C(O)C(F)(F)F. The minimum Gasteiger partial charge on any atom is -0.475 e. The Bertz CT molecular complexity index is 1390. The lowest BCUT2D eigenvalue weighted by Crippen LogP contribution is -2.43. The molecule has 202 valence electrons. The van der Waals surface area contributed by atoms with Crippen molar-refractivity contribution >= 4 is 24.1 Å². The summed E-state index contributed by atoms with van der Waals surface area (Å²) >= 11 is 0. The number of ether oxygens (including phenoxy) is 1. The number of methoxy groups -OCH3 is 1. The van der Waals surface area contributed by atoms with E-state index in [2.05, 4.69) is 21.5 Å². The Morgan fingerprint density at radius 1 is 1.18 bits per heavy atom. The maximum absolute atomic E-state index is 12.8. The first-order chi connectivity index (χ1) is 18.5. The number of hydrogen-bond donors (Lipinski definition) is 3. The molecule has 2 aromatic carbocycles. The van der Waals surface area contributed by atoms with Crippen LogP contribution in [0.2, 0.25) is 0 Å². The third-order valence-electron chi connectivity index (χ3n) is 5.03. The van der Waals surface area contributed by atoms with Gasteiger partial charge in [0.1, 0.15) is 6.04 Å². The number of aliphatic carboxylic acids is 1. The molecule has 39 heavy (non-hydrogen) atoms. The van der Waals surface area contributed by atoms with Crippen LogP contribution in [-0.4, -0.2) is 53.5 Å². The number of aromatic nitrogens is 1. The minimum absolute atomic E-state index is 0.208. The molecule has 0 saturated carbocycles. The number of carboxylic acid groups (broad SMARTS) is 1. The molecule has 0 bridgehead atoms. The van der Waals surface area contributed by atoms with Gasteiger partial charge in [-0.05, 0) is 47.0 Å². The van der Waals surface area contributed by atoms with Gasteiger partial charge in [-0.2, -0.15) is 23.5 Å². The second-order valence-electron chi connectivity index (χ2n) is 7.66. The van der Waals surface area contributed by atoms with Gasteiger partial charge in [0.25, 0.3) is 5.91 Å². The van der Waals surface area contributed by atoms with Gasteiger partial charge in [0.2, 0.25) is 0 Å². The van der Waals surface area contributed by atoms with Crippen molar-refractivity contribution < 1.29 is 37.4 Å². The number of nitrogens with two attached hydrogens (primary N) is 1. The number of rotatable bonds is 7. The van der Waals surface area contributed by atoms with E-state index in [-0.39, 0.29) is 6.42 Å². The van der Waals surface area contributed by atoms with Crippen molar-refractivity contribution in [3.63, 3.8) is 0 Å². The highest BCUT2D eigenvalue weighted by Crippen LogP contribution is 2.23. The van der Waals surface area contributed by atoms with Gasteiger partial charge < -0.3 is 21.0 Å². The van der Waals surface area contributed by atoms with Gasteiger partial charge in [0, 0.05) is 18.2 Å². The number of hydrazone groups is 1. The molecule has 0 aliphatic rings. The topological polar surface area (TPSA) is 168 Å². The first-order valence-electron chi connectivity index (χ1n) is 11.0. The molecule has 3 rings (SSSR count). The van der Waals surface area contributed by atoms with Crippen LogP contribution in [0, 0.1) is 11.3 Å². The Morgan fingerprint density at radius 2 is 1.82 bits per heavy atom. The first kappa shape index (κ1) is 30.0. The van der Waals surface area contributed by atoms with Gasteiger partial charge in [-0.1, -0.05) is 30.3 Å². The number of carbonyl (C=O) groups excluding carboxylic acids is 2. The zero-order chi connectivity index (χ0) is 29.0. The molecule has 1 aromatic heterocycles. The zero-order valence-electron chi connectivity index (χ0n) is 20.3. The quantitative estimate of drug-likeness (QED) is 0.178. The normalized spacial score (nSPS) is 11.5. The number of benzene rings is 2. The summed E-state index contributed by atoms with van der Waals surface area (Å²) in [5.41, 5.74) is 3.81. The number of amides is 1. The number of halogens is 3. The number of hydrogen-bond acceptors (Lipinski definition) is 8. The molecule has 4 N–H and O–H groups in total. The lowest BCUT2D eigenvalue weighted by molar-refractivity contribution is -0.192. The summed E-state index contributed by atoms with van der Waals surface area (Å²) in [4.78, 5) is 38.1. The van der Waals surface area contributed by atoms with Crippen molar-refractivity contribution in [3.8, 4) is 17.2 Å². The third-order valence-corrected chi connectivity index (χ3v) is 5.03. The van der Waals surface area contributed by atoms with Crippen molar-refractivity contribution in [3.05, 3.63) is 89.2 Å². The Morgan fingerprint density at radius 3 is 2.38 bits per heavy atom. The standard InChI is InChI=1S/C24H21N5O3.C2HF3O2/c1-32-24(31)22(13-16-10-11-27-20(12-16)15-28-26)29-23(30)18-8-6-17(7-9-18)21-5-3-2-4-19(21)14-25;3-2(4,5)1(6)7/h2-12,15,22H,13,26H2,1H3,(H,29,30);(H,6,7)/t22-;/m0./s1. The third kappa shape index (κ3) is 8.97. The number of carboxylic acids is 1. The van der Waals surface area contributed by atoms with Gasteiger partial charge in [-0.3, -0.25) is 9.78 Å². The summed E-state index contributed by atoms with van der Waals surface area (Å²) in [6.07, 6.45) is -1.92. The fourth-order valence-electron chi connectivity index (χ4n) is 3.21. The van der Waals surface area contributed by atoms with Crippen LogP contribution in [0.3, 0.4) is 0 Å². The van der Waals surface area contributed by atoms with Crippen LogP contribution >= 0.6 is 0 Å². The smallest absolute Gasteiger partial charge is 0.475 e. The average molecular weight is 541 g/mol. The van der Waals surface area contributed by atoms with Crippen molar-refractivity contribution in [2.45, 2.75) is 18.6 Å². The van der Waals surface area contributed by atoms with E-state index < -0.39 is 30.1 Å². The first-order valence-corrected chi connectivity index (χ1v) is 11.0. The maximum atomic E-state index is 12.8. The molecular formula is C26H22F3N5O5. The van der Waals surface area contributed by atoms with Gasteiger partial charge in [-0.15, -0.1) is 0 Å².